The van der Waals surface area contributed by atoms with E-state index < -0.39 is 13.5 Å². The molecule has 3 rings (SSSR count). The molecule has 1 aromatic heterocycles. The molecule has 1 aromatic rings. The Morgan fingerprint density at radius 1 is 1.32 bits per heavy atom. The Balaban J connectivity index is 1.86. The van der Waals surface area contributed by atoms with E-state index in [0.717, 1.165) is 11.6 Å². The van der Waals surface area contributed by atoms with Crippen LogP contribution in [0.5, 0.6) is 0 Å². The highest BCUT2D eigenvalue weighted by Gasteiger charge is 2.54. The van der Waals surface area contributed by atoms with Gasteiger partial charge in [-0.3, -0.25) is 14.5 Å². The van der Waals surface area contributed by atoms with E-state index >= 15 is 0 Å². The number of hydrogen-bond acceptors (Lipinski definition) is 5. The van der Waals surface area contributed by atoms with Crippen LogP contribution in [0.3, 0.4) is 0 Å². The fourth-order valence-corrected chi connectivity index (χ4v) is 4.71. The smallest absolute Gasteiger partial charge is 0.241 e. The maximum Gasteiger partial charge on any atom is 0.241 e. The predicted octanol–water partition coefficient (Wildman–Crippen LogP) is 3.18. The van der Waals surface area contributed by atoms with Crippen LogP contribution in [-0.4, -0.2) is 57.1 Å². The van der Waals surface area contributed by atoms with E-state index in [9.17, 15) is 9.59 Å². The number of aromatic nitrogens is 1. The Bertz CT molecular complexity index is 800. The van der Waals surface area contributed by atoms with Crippen LogP contribution in [0, 0.1) is 0 Å². The van der Waals surface area contributed by atoms with Crippen LogP contribution in [0.15, 0.2) is 30.1 Å². The summed E-state index contributed by atoms with van der Waals surface area (Å²) < 4.78 is 5.88. The quantitative estimate of drug-likeness (QED) is 0.416. The molecular weight excluding hydrogens is 370 g/mol. The number of rotatable bonds is 6. The van der Waals surface area contributed by atoms with Crippen LogP contribution in [0.2, 0.25) is 25.7 Å². The number of allylic oxidation sites excluding steroid dienone is 1. The summed E-state index contributed by atoms with van der Waals surface area (Å²) in [5.74, 6) is 0.813. The monoisotopic (exact) mass is 401 g/mol. The van der Waals surface area contributed by atoms with Gasteiger partial charge in [0.1, 0.15) is 12.5 Å². The number of nitrogens with zero attached hydrogens (tertiary/aromatic N) is 3. The van der Waals surface area contributed by atoms with Gasteiger partial charge in [-0.25, -0.2) is 4.98 Å². The normalized spacial score (nSPS) is 23.6. The molecule has 28 heavy (non-hydrogen) atoms. The lowest BCUT2D eigenvalue weighted by Gasteiger charge is -2.33. The number of ether oxygens (including phenoxy) is 1. The van der Waals surface area contributed by atoms with Crippen molar-refractivity contribution in [3.8, 4) is 0 Å². The summed E-state index contributed by atoms with van der Waals surface area (Å²) in [5, 5.41) is 0. The number of Topliss-reactive ketones (excluding diaryl/α,β-unsaturated/α-hetero) is 1. The first-order chi connectivity index (χ1) is 13.1. The van der Waals surface area contributed by atoms with Crippen LogP contribution in [-0.2, 0) is 19.7 Å². The molecule has 1 aliphatic heterocycles. The zero-order valence-corrected chi connectivity index (χ0v) is 18.6. The second kappa shape index (κ2) is 7.79. The third kappa shape index (κ3) is 4.05. The zero-order valence-electron chi connectivity index (χ0n) is 17.6. The standard InChI is InChI=1S/C21H31N3O3Si/c1-23(2)14-16-13-21(9-8-18(16)25)17-7-6-10-22-19(17)24(20(21)26)15-27-11-12-28(3,4)5/h6-7,10,14H,8-9,11-13,15H2,1-5H3. The number of ketones is 1. The molecule has 1 spiro atoms. The Hall–Kier alpha value is -1.99. The lowest BCUT2D eigenvalue weighted by atomic mass is 9.68. The van der Waals surface area contributed by atoms with Crippen molar-refractivity contribution < 1.29 is 14.3 Å². The van der Waals surface area contributed by atoms with Gasteiger partial charge >= 0.3 is 0 Å². The second-order valence-electron chi connectivity index (χ2n) is 9.26. The zero-order chi connectivity index (χ0) is 20.5. The van der Waals surface area contributed by atoms with Gasteiger partial charge in [0, 0.05) is 58.7 Å². The summed E-state index contributed by atoms with van der Waals surface area (Å²) in [6.07, 6.45) is 4.89. The molecule has 2 heterocycles. The molecule has 7 heteroatoms. The SMILES string of the molecule is CN(C)C=C1CC2(CCC1=O)C(=O)N(COCC[Si](C)(C)C)c1ncccc12. The third-order valence-corrected chi connectivity index (χ3v) is 7.18. The molecule has 0 bridgehead atoms. The van der Waals surface area contributed by atoms with E-state index in [-0.39, 0.29) is 18.4 Å². The minimum atomic E-state index is -1.19. The van der Waals surface area contributed by atoms with Crippen LogP contribution < -0.4 is 4.90 Å². The number of anilines is 1. The van der Waals surface area contributed by atoms with Gasteiger partial charge in [0.2, 0.25) is 5.91 Å². The molecular formula is C21H31N3O3Si. The average molecular weight is 402 g/mol. The molecule has 1 atom stereocenters. The molecule has 1 fully saturated rings. The predicted molar refractivity (Wildman–Crippen MR) is 113 cm³/mol. The number of amides is 1. The topological polar surface area (TPSA) is 62.7 Å². The highest BCUT2D eigenvalue weighted by Crippen LogP contribution is 2.49. The van der Waals surface area contributed by atoms with Crippen molar-refractivity contribution in [2.75, 3.05) is 32.3 Å². The largest absolute Gasteiger partial charge is 0.383 e. The van der Waals surface area contributed by atoms with Gasteiger partial charge in [-0.15, -0.1) is 0 Å². The minimum absolute atomic E-state index is 0.00589. The van der Waals surface area contributed by atoms with Crippen molar-refractivity contribution in [3.63, 3.8) is 0 Å². The number of pyridine rings is 1. The second-order valence-corrected chi connectivity index (χ2v) is 14.9. The molecule has 1 unspecified atom stereocenters. The molecule has 1 amide bonds. The summed E-state index contributed by atoms with van der Waals surface area (Å²) in [5.41, 5.74) is 0.924. The van der Waals surface area contributed by atoms with E-state index in [1.54, 1.807) is 11.1 Å². The molecule has 0 aromatic carbocycles. The summed E-state index contributed by atoms with van der Waals surface area (Å²) in [6, 6.07) is 4.90. The van der Waals surface area contributed by atoms with Crippen LogP contribution in [0.4, 0.5) is 5.82 Å². The highest BCUT2D eigenvalue weighted by molar-refractivity contribution is 6.76. The van der Waals surface area contributed by atoms with E-state index in [0.29, 0.717) is 37.3 Å². The van der Waals surface area contributed by atoms with Crippen LogP contribution in [0.25, 0.3) is 0 Å². The Labute approximate surface area is 168 Å². The number of hydrogen-bond donors (Lipinski definition) is 0. The maximum atomic E-state index is 13.5. The number of carbonyl (C=O) groups excluding carboxylic acids is 2. The van der Waals surface area contributed by atoms with E-state index in [1.807, 2.05) is 37.3 Å². The van der Waals surface area contributed by atoms with Gasteiger partial charge < -0.3 is 9.64 Å². The van der Waals surface area contributed by atoms with Crippen molar-refractivity contribution in [2.24, 2.45) is 0 Å². The molecule has 152 valence electrons. The number of fused-ring (bicyclic) bond motifs is 2. The van der Waals surface area contributed by atoms with Crippen molar-refractivity contribution in [1.29, 1.82) is 0 Å². The molecule has 6 nitrogen and oxygen atoms in total. The van der Waals surface area contributed by atoms with Crippen molar-refractivity contribution in [3.05, 3.63) is 35.7 Å². The first-order valence-electron chi connectivity index (χ1n) is 9.90. The van der Waals surface area contributed by atoms with Crippen molar-refractivity contribution in [1.82, 2.24) is 9.88 Å². The molecule has 2 aliphatic rings. The Morgan fingerprint density at radius 3 is 2.75 bits per heavy atom. The van der Waals surface area contributed by atoms with E-state index in [1.165, 1.54) is 0 Å². The average Bonchev–Trinajstić information content (AvgIpc) is 2.83. The maximum absolute atomic E-state index is 13.5. The fourth-order valence-electron chi connectivity index (χ4n) is 3.95. The Kier molecular flexibility index (Phi) is 5.77. The first kappa shape index (κ1) is 20.7. The van der Waals surface area contributed by atoms with Crippen molar-refractivity contribution in [2.45, 2.75) is 50.4 Å². The van der Waals surface area contributed by atoms with Gasteiger partial charge in [0.05, 0.1) is 5.41 Å². The molecule has 0 N–H and O–H groups in total. The summed E-state index contributed by atoms with van der Waals surface area (Å²) >= 11 is 0. The molecule has 1 saturated carbocycles. The van der Waals surface area contributed by atoms with Gasteiger partial charge in [-0.05, 0) is 25.0 Å². The van der Waals surface area contributed by atoms with Crippen LogP contribution in [0.1, 0.15) is 24.8 Å². The first-order valence-corrected chi connectivity index (χ1v) is 13.6. The van der Waals surface area contributed by atoms with Crippen LogP contribution >= 0.6 is 0 Å². The minimum Gasteiger partial charge on any atom is -0.383 e. The van der Waals surface area contributed by atoms with Gasteiger partial charge in [-0.1, -0.05) is 25.7 Å². The van der Waals surface area contributed by atoms with Gasteiger partial charge in [0.15, 0.2) is 5.78 Å². The van der Waals surface area contributed by atoms with E-state index in [4.69, 9.17) is 4.74 Å². The summed E-state index contributed by atoms with van der Waals surface area (Å²) in [4.78, 5) is 34.0. The van der Waals surface area contributed by atoms with Gasteiger partial charge in [-0.2, -0.15) is 0 Å². The lowest BCUT2D eigenvalue weighted by Crippen LogP contribution is -2.44. The molecule has 0 radical (unpaired) electrons. The third-order valence-electron chi connectivity index (χ3n) is 5.47. The molecule has 0 saturated heterocycles. The lowest BCUT2D eigenvalue weighted by molar-refractivity contribution is -0.126. The van der Waals surface area contributed by atoms with Crippen molar-refractivity contribution >= 4 is 25.6 Å². The number of carbonyl (C=O) groups is 2. The Morgan fingerprint density at radius 2 is 2.07 bits per heavy atom. The van der Waals surface area contributed by atoms with E-state index in [2.05, 4.69) is 24.6 Å². The fraction of sp³-hybridized carbons (Fsp3) is 0.571. The molecule has 1 aliphatic carbocycles. The highest BCUT2D eigenvalue weighted by atomic mass is 28.3. The van der Waals surface area contributed by atoms with Gasteiger partial charge in [0.25, 0.3) is 0 Å². The summed E-state index contributed by atoms with van der Waals surface area (Å²) in [6.45, 7) is 7.79. The summed E-state index contributed by atoms with van der Waals surface area (Å²) in [7, 11) is 2.60.